The molecule has 0 aromatic carbocycles. The zero-order chi connectivity index (χ0) is 15.0. The fourth-order valence-corrected chi connectivity index (χ4v) is 5.16. The molecule has 1 aromatic heterocycles. The van der Waals surface area contributed by atoms with Gasteiger partial charge in [0.1, 0.15) is 5.01 Å². The zero-order valence-electron chi connectivity index (χ0n) is 12.5. The van der Waals surface area contributed by atoms with E-state index >= 15 is 0 Å². The van der Waals surface area contributed by atoms with Gasteiger partial charge in [0.25, 0.3) is 10.2 Å². The third-order valence-electron chi connectivity index (χ3n) is 4.47. The van der Waals surface area contributed by atoms with Crippen LogP contribution in [0.15, 0.2) is 11.6 Å². The van der Waals surface area contributed by atoms with Gasteiger partial charge in [-0.1, -0.05) is 0 Å². The molecule has 118 valence electrons. The molecule has 6 nitrogen and oxygen atoms in total. The first kappa shape index (κ1) is 15.4. The molecule has 2 aliphatic rings. The maximum atomic E-state index is 12.2. The Balaban J connectivity index is 1.62. The summed E-state index contributed by atoms with van der Waals surface area (Å²) >= 11 is 1.69. The number of piperidine rings is 1. The van der Waals surface area contributed by atoms with Crippen molar-refractivity contribution in [3.63, 3.8) is 0 Å². The number of hydrogen-bond acceptors (Lipinski definition) is 5. The Labute approximate surface area is 130 Å². The number of aromatic nitrogens is 1. The van der Waals surface area contributed by atoms with Gasteiger partial charge in [-0.25, -0.2) is 4.98 Å². The predicted octanol–water partition coefficient (Wildman–Crippen LogP) is 0.703. The van der Waals surface area contributed by atoms with Crippen molar-refractivity contribution in [1.29, 1.82) is 0 Å². The van der Waals surface area contributed by atoms with Crippen LogP contribution in [0, 0.1) is 11.8 Å². The standard InChI is InChI=1S/C13H22N4O2S2/c1-15(2)21(18,19)17-5-3-11-7-16(8-12(11)9-17)10-13-14-4-6-20-13/h4,6,11-12H,3,5,7-10H2,1-2H3/t11-,12-/m1/s1. The van der Waals surface area contributed by atoms with Gasteiger partial charge >= 0.3 is 0 Å². The van der Waals surface area contributed by atoms with Crippen molar-refractivity contribution in [3.8, 4) is 0 Å². The smallest absolute Gasteiger partial charge is 0.281 e. The third-order valence-corrected chi connectivity index (χ3v) is 7.14. The first-order chi connectivity index (χ1) is 9.96. The Morgan fingerprint density at radius 1 is 1.33 bits per heavy atom. The molecule has 0 amide bonds. The summed E-state index contributed by atoms with van der Waals surface area (Å²) in [6, 6.07) is 0. The number of likely N-dealkylation sites (tertiary alicyclic amines) is 1. The van der Waals surface area contributed by atoms with Gasteiger partial charge in [0.2, 0.25) is 0 Å². The predicted molar refractivity (Wildman–Crippen MR) is 83.2 cm³/mol. The largest absolute Gasteiger partial charge is 0.296 e. The van der Waals surface area contributed by atoms with Gasteiger partial charge in [-0.3, -0.25) is 4.90 Å². The summed E-state index contributed by atoms with van der Waals surface area (Å²) in [7, 11) is -0.0641. The van der Waals surface area contributed by atoms with E-state index in [4.69, 9.17) is 0 Å². The highest BCUT2D eigenvalue weighted by molar-refractivity contribution is 7.86. The Morgan fingerprint density at radius 3 is 2.76 bits per heavy atom. The molecule has 0 spiro atoms. The molecular weight excluding hydrogens is 308 g/mol. The summed E-state index contributed by atoms with van der Waals surface area (Å²) in [4.78, 5) is 6.75. The average Bonchev–Trinajstić information content (AvgIpc) is 3.06. The van der Waals surface area contributed by atoms with E-state index in [-0.39, 0.29) is 0 Å². The molecule has 8 heteroatoms. The number of hydrogen-bond donors (Lipinski definition) is 0. The van der Waals surface area contributed by atoms with E-state index in [0.29, 0.717) is 24.9 Å². The van der Waals surface area contributed by atoms with Crippen LogP contribution in [0.1, 0.15) is 11.4 Å². The van der Waals surface area contributed by atoms with Crippen LogP contribution >= 0.6 is 11.3 Å². The van der Waals surface area contributed by atoms with Gasteiger partial charge in [-0.15, -0.1) is 11.3 Å². The highest BCUT2D eigenvalue weighted by Crippen LogP contribution is 2.33. The van der Waals surface area contributed by atoms with E-state index in [9.17, 15) is 8.42 Å². The molecule has 2 aliphatic heterocycles. The number of fused-ring (bicyclic) bond motifs is 1. The molecule has 0 unspecified atom stereocenters. The molecule has 3 rings (SSSR count). The van der Waals surface area contributed by atoms with Crippen LogP contribution in [-0.2, 0) is 16.8 Å². The van der Waals surface area contributed by atoms with Crippen LogP contribution in [0.3, 0.4) is 0 Å². The summed E-state index contributed by atoms with van der Waals surface area (Å²) in [5.41, 5.74) is 0. The van der Waals surface area contributed by atoms with Crippen LogP contribution in [-0.4, -0.2) is 67.2 Å². The van der Waals surface area contributed by atoms with Crippen LogP contribution in [0.4, 0.5) is 0 Å². The summed E-state index contributed by atoms with van der Waals surface area (Å²) < 4.78 is 27.4. The summed E-state index contributed by atoms with van der Waals surface area (Å²) in [6.45, 7) is 4.24. The maximum Gasteiger partial charge on any atom is 0.281 e. The maximum absolute atomic E-state index is 12.2. The van der Waals surface area contributed by atoms with E-state index in [2.05, 4.69) is 9.88 Å². The van der Waals surface area contributed by atoms with Crippen molar-refractivity contribution in [2.45, 2.75) is 13.0 Å². The molecule has 1 aromatic rings. The molecule has 21 heavy (non-hydrogen) atoms. The van der Waals surface area contributed by atoms with Crippen molar-refractivity contribution in [2.24, 2.45) is 11.8 Å². The van der Waals surface area contributed by atoms with Gasteiger partial charge < -0.3 is 0 Å². The van der Waals surface area contributed by atoms with Crippen LogP contribution in [0.2, 0.25) is 0 Å². The topological polar surface area (TPSA) is 56.8 Å². The molecule has 0 radical (unpaired) electrons. The van der Waals surface area contributed by atoms with Crippen LogP contribution < -0.4 is 0 Å². The number of thiazole rings is 1. The zero-order valence-corrected chi connectivity index (χ0v) is 14.1. The fourth-order valence-electron chi connectivity index (χ4n) is 3.32. The molecule has 0 aliphatic carbocycles. The second-order valence-corrected chi connectivity index (χ2v) is 9.20. The lowest BCUT2D eigenvalue weighted by Gasteiger charge is -2.34. The lowest BCUT2D eigenvalue weighted by molar-refractivity contribution is 0.219. The molecule has 0 N–H and O–H groups in total. The lowest BCUT2D eigenvalue weighted by atomic mass is 9.90. The van der Waals surface area contributed by atoms with E-state index in [1.165, 1.54) is 4.31 Å². The Bertz CT molecular complexity index is 573. The Morgan fingerprint density at radius 2 is 2.10 bits per heavy atom. The molecule has 2 atom stereocenters. The van der Waals surface area contributed by atoms with Crippen molar-refractivity contribution in [1.82, 2.24) is 18.5 Å². The van der Waals surface area contributed by atoms with Gasteiger partial charge in [0, 0.05) is 51.9 Å². The van der Waals surface area contributed by atoms with Crippen molar-refractivity contribution in [3.05, 3.63) is 16.6 Å². The van der Waals surface area contributed by atoms with E-state index < -0.39 is 10.2 Å². The molecular formula is C13H22N4O2S2. The second kappa shape index (κ2) is 5.92. The SMILES string of the molecule is CN(C)S(=O)(=O)N1CC[C@@H]2CN(Cc3nccs3)C[C@@H]2C1. The first-order valence-corrected chi connectivity index (χ1v) is 9.53. The summed E-state index contributed by atoms with van der Waals surface area (Å²) in [5, 5.41) is 3.15. The van der Waals surface area contributed by atoms with E-state index in [1.54, 1.807) is 29.7 Å². The number of nitrogens with zero attached hydrogens (tertiary/aromatic N) is 4. The fraction of sp³-hybridized carbons (Fsp3) is 0.769. The van der Waals surface area contributed by atoms with Gasteiger partial charge in [-0.05, 0) is 18.3 Å². The number of rotatable bonds is 4. The van der Waals surface area contributed by atoms with Crippen molar-refractivity contribution < 1.29 is 8.42 Å². The van der Waals surface area contributed by atoms with Crippen molar-refractivity contribution in [2.75, 3.05) is 40.3 Å². The lowest BCUT2D eigenvalue weighted by Crippen LogP contribution is -2.47. The van der Waals surface area contributed by atoms with Gasteiger partial charge in [0.15, 0.2) is 0 Å². The van der Waals surface area contributed by atoms with E-state index in [1.807, 2.05) is 11.6 Å². The third kappa shape index (κ3) is 3.14. The molecule has 0 saturated carbocycles. The summed E-state index contributed by atoms with van der Waals surface area (Å²) in [5.74, 6) is 1.08. The molecule has 2 fully saturated rings. The summed E-state index contributed by atoms with van der Waals surface area (Å²) in [6.07, 6.45) is 2.81. The molecule has 3 heterocycles. The normalized spacial score (nSPS) is 28.1. The average molecular weight is 330 g/mol. The Kier molecular flexibility index (Phi) is 4.33. The van der Waals surface area contributed by atoms with Crippen LogP contribution in [0.25, 0.3) is 0 Å². The minimum Gasteiger partial charge on any atom is -0.296 e. The molecule has 0 bridgehead atoms. The van der Waals surface area contributed by atoms with Crippen LogP contribution in [0.5, 0.6) is 0 Å². The first-order valence-electron chi connectivity index (χ1n) is 7.25. The van der Waals surface area contributed by atoms with E-state index in [0.717, 1.165) is 31.1 Å². The van der Waals surface area contributed by atoms with Gasteiger partial charge in [-0.2, -0.15) is 17.0 Å². The van der Waals surface area contributed by atoms with Gasteiger partial charge in [0.05, 0.1) is 6.54 Å². The second-order valence-electron chi connectivity index (χ2n) is 6.08. The van der Waals surface area contributed by atoms with Crippen molar-refractivity contribution >= 4 is 21.5 Å². The monoisotopic (exact) mass is 330 g/mol. The Hall–Kier alpha value is -0.540. The minimum absolute atomic E-state index is 0.452. The highest BCUT2D eigenvalue weighted by Gasteiger charge is 2.40. The quantitative estimate of drug-likeness (QED) is 0.816. The minimum atomic E-state index is -3.27. The highest BCUT2D eigenvalue weighted by atomic mass is 32.2. The molecule has 2 saturated heterocycles.